The average Bonchev–Trinajstić information content (AvgIpc) is 2.22. The summed E-state index contributed by atoms with van der Waals surface area (Å²) in [5.41, 5.74) is 0.517. The standard InChI is InChI=1S/C13H19FO2/c1-5-15-9-16-13(3,4)11-8-6-7-10(2)12(11)14/h6-8H,5,9H2,1-4H3. The molecule has 0 aliphatic heterocycles. The van der Waals surface area contributed by atoms with E-state index in [1.807, 2.05) is 26.8 Å². The van der Waals surface area contributed by atoms with Gasteiger partial charge in [-0.25, -0.2) is 4.39 Å². The highest BCUT2D eigenvalue weighted by Crippen LogP contribution is 2.28. The minimum Gasteiger partial charge on any atom is -0.356 e. The SMILES string of the molecule is CCOCOC(C)(C)c1cccc(C)c1F. The quantitative estimate of drug-likeness (QED) is 0.566. The van der Waals surface area contributed by atoms with Gasteiger partial charge in [-0.3, -0.25) is 0 Å². The molecule has 0 aromatic heterocycles. The third-order valence-electron chi connectivity index (χ3n) is 2.55. The van der Waals surface area contributed by atoms with E-state index < -0.39 is 5.60 Å². The van der Waals surface area contributed by atoms with Crippen molar-refractivity contribution in [1.82, 2.24) is 0 Å². The summed E-state index contributed by atoms with van der Waals surface area (Å²) < 4.78 is 24.5. The molecule has 0 radical (unpaired) electrons. The molecule has 0 aliphatic carbocycles. The fraction of sp³-hybridized carbons (Fsp3) is 0.538. The van der Waals surface area contributed by atoms with Gasteiger partial charge in [0, 0.05) is 12.2 Å². The Kier molecular flexibility index (Phi) is 4.44. The zero-order chi connectivity index (χ0) is 12.2. The van der Waals surface area contributed by atoms with Crippen LogP contribution in [0.2, 0.25) is 0 Å². The topological polar surface area (TPSA) is 18.5 Å². The Labute approximate surface area is 96.4 Å². The van der Waals surface area contributed by atoms with Crippen LogP contribution < -0.4 is 0 Å². The summed E-state index contributed by atoms with van der Waals surface area (Å²) in [6.45, 7) is 8.08. The molecule has 0 unspecified atom stereocenters. The number of rotatable bonds is 5. The normalized spacial score (nSPS) is 11.8. The lowest BCUT2D eigenvalue weighted by Crippen LogP contribution is -2.25. The van der Waals surface area contributed by atoms with E-state index in [0.29, 0.717) is 17.7 Å². The van der Waals surface area contributed by atoms with Gasteiger partial charge in [-0.2, -0.15) is 0 Å². The van der Waals surface area contributed by atoms with Gasteiger partial charge < -0.3 is 9.47 Å². The second-order valence-corrected chi connectivity index (χ2v) is 4.20. The van der Waals surface area contributed by atoms with Crippen LogP contribution in [0.3, 0.4) is 0 Å². The van der Waals surface area contributed by atoms with Crippen LogP contribution in [0.25, 0.3) is 0 Å². The number of benzene rings is 1. The van der Waals surface area contributed by atoms with Crippen LogP contribution in [0.1, 0.15) is 31.9 Å². The molecular weight excluding hydrogens is 207 g/mol. The molecule has 0 heterocycles. The molecule has 2 nitrogen and oxygen atoms in total. The molecule has 0 fully saturated rings. The molecule has 16 heavy (non-hydrogen) atoms. The minimum absolute atomic E-state index is 0.177. The fourth-order valence-corrected chi connectivity index (χ4v) is 1.46. The number of aryl methyl sites for hydroxylation is 1. The lowest BCUT2D eigenvalue weighted by atomic mass is 9.96. The summed E-state index contributed by atoms with van der Waals surface area (Å²) in [5, 5.41) is 0. The molecule has 0 N–H and O–H groups in total. The third kappa shape index (κ3) is 3.03. The molecule has 0 atom stereocenters. The molecule has 1 rings (SSSR count). The Bertz CT molecular complexity index is 348. The second kappa shape index (κ2) is 5.41. The van der Waals surface area contributed by atoms with Gasteiger partial charge in [-0.05, 0) is 33.3 Å². The van der Waals surface area contributed by atoms with Gasteiger partial charge in [0.2, 0.25) is 0 Å². The lowest BCUT2D eigenvalue weighted by Gasteiger charge is -2.26. The molecular formula is C13H19FO2. The van der Waals surface area contributed by atoms with E-state index in [1.165, 1.54) is 0 Å². The molecule has 0 bridgehead atoms. The Morgan fingerprint density at radius 3 is 2.62 bits per heavy atom. The zero-order valence-corrected chi connectivity index (χ0v) is 10.3. The van der Waals surface area contributed by atoms with Gasteiger partial charge in [0.25, 0.3) is 0 Å². The molecule has 0 amide bonds. The van der Waals surface area contributed by atoms with Crippen LogP contribution in [-0.2, 0) is 15.1 Å². The minimum atomic E-state index is -0.675. The van der Waals surface area contributed by atoms with Gasteiger partial charge in [0.05, 0.1) is 5.60 Å². The Hall–Kier alpha value is -0.930. The van der Waals surface area contributed by atoms with Crippen molar-refractivity contribution in [2.45, 2.75) is 33.3 Å². The molecule has 0 saturated carbocycles. The first kappa shape index (κ1) is 13.1. The second-order valence-electron chi connectivity index (χ2n) is 4.20. The van der Waals surface area contributed by atoms with Crippen LogP contribution in [0.15, 0.2) is 18.2 Å². The molecule has 3 heteroatoms. The van der Waals surface area contributed by atoms with Crippen LogP contribution >= 0.6 is 0 Å². The van der Waals surface area contributed by atoms with Crippen molar-refractivity contribution in [2.75, 3.05) is 13.4 Å². The summed E-state index contributed by atoms with van der Waals surface area (Å²) in [6, 6.07) is 5.32. The maximum atomic E-state index is 13.9. The van der Waals surface area contributed by atoms with E-state index in [9.17, 15) is 4.39 Å². The summed E-state index contributed by atoms with van der Waals surface area (Å²) in [5.74, 6) is -0.205. The van der Waals surface area contributed by atoms with Crippen molar-refractivity contribution in [3.63, 3.8) is 0 Å². The number of hydrogen-bond donors (Lipinski definition) is 0. The highest BCUT2D eigenvalue weighted by atomic mass is 19.1. The van der Waals surface area contributed by atoms with Crippen molar-refractivity contribution in [3.8, 4) is 0 Å². The predicted molar refractivity (Wildman–Crippen MR) is 61.7 cm³/mol. The fourth-order valence-electron chi connectivity index (χ4n) is 1.46. The summed E-state index contributed by atoms with van der Waals surface area (Å²) >= 11 is 0. The number of halogens is 1. The van der Waals surface area contributed by atoms with E-state index in [4.69, 9.17) is 9.47 Å². The van der Waals surface area contributed by atoms with Crippen LogP contribution in [0, 0.1) is 12.7 Å². The zero-order valence-electron chi connectivity index (χ0n) is 10.3. The first-order valence-electron chi connectivity index (χ1n) is 5.46. The summed E-state index contributed by atoms with van der Waals surface area (Å²) in [7, 11) is 0. The van der Waals surface area contributed by atoms with E-state index in [2.05, 4.69) is 0 Å². The van der Waals surface area contributed by atoms with Crippen molar-refractivity contribution in [1.29, 1.82) is 0 Å². The van der Waals surface area contributed by atoms with Crippen LogP contribution in [-0.4, -0.2) is 13.4 Å². The maximum Gasteiger partial charge on any atom is 0.147 e. The Morgan fingerprint density at radius 2 is 2.00 bits per heavy atom. The first-order chi connectivity index (χ1) is 7.49. The van der Waals surface area contributed by atoms with Crippen LogP contribution in [0.5, 0.6) is 0 Å². The molecule has 1 aromatic rings. The molecule has 0 spiro atoms. The van der Waals surface area contributed by atoms with Gasteiger partial charge in [0.1, 0.15) is 12.6 Å². The Balaban J connectivity index is 2.84. The van der Waals surface area contributed by atoms with Gasteiger partial charge >= 0.3 is 0 Å². The smallest absolute Gasteiger partial charge is 0.147 e. The predicted octanol–water partition coefficient (Wildman–Crippen LogP) is 3.38. The van der Waals surface area contributed by atoms with E-state index >= 15 is 0 Å². The van der Waals surface area contributed by atoms with Crippen molar-refractivity contribution in [3.05, 3.63) is 35.1 Å². The van der Waals surface area contributed by atoms with E-state index in [0.717, 1.165) is 0 Å². The monoisotopic (exact) mass is 226 g/mol. The highest BCUT2D eigenvalue weighted by Gasteiger charge is 2.25. The average molecular weight is 226 g/mol. The van der Waals surface area contributed by atoms with Gasteiger partial charge in [0.15, 0.2) is 0 Å². The molecule has 90 valence electrons. The van der Waals surface area contributed by atoms with E-state index in [-0.39, 0.29) is 12.6 Å². The lowest BCUT2D eigenvalue weighted by molar-refractivity contribution is -0.130. The third-order valence-corrected chi connectivity index (χ3v) is 2.55. The first-order valence-corrected chi connectivity index (χ1v) is 5.46. The van der Waals surface area contributed by atoms with Crippen molar-refractivity contribution < 1.29 is 13.9 Å². The van der Waals surface area contributed by atoms with Crippen molar-refractivity contribution in [2.24, 2.45) is 0 Å². The summed E-state index contributed by atoms with van der Waals surface area (Å²) in [4.78, 5) is 0. The summed E-state index contributed by atoms with van der Waals surface area (Å²) in [6.07, 6.45) is 0. The molecule has 0 aliphatic rings. The van der Waals surface area contributed by atoms with Gasteiger partial charge in [-0.1, -0.05) is 18.2 Å². The Morgan fingerprint density at radius 1 is 1.31 bits per heavy atom. The molecule has 0 saturated heterocycles. The highest BCUT2D eigenvalue weighted by molar-refractivity contribution is 5.28. The largest absolute Gasteiger partial charge is 0.356 e. The van der Waals surface area contributed by atoms with E-state index in [1.54, 1.807) is 19.1 Å². The number of ether oxygens (including phenoxy) is 2. The van der Waals surface area contributed by atoms with Crippen LogP contribution in [0.4, 0.5) is 4.39 Å². The maximum absolute atomic E-state index is 13.9. The molecule has 1 aromatic carbocycles. The van der Waals surface area contributed by atoms with Gasteiger partial charge in [-0.15, -0.1) is 0 Å². The van der Waals surface area contributed by atoms with Crippen molar-refractivity contribution >= 4 is 0 Å². The number of hydrogen-bond acceptors (Lipinski definition) is 2.